The standard InChI is InChI=1S/C22H29N3O4S/c1-16-14-18(15-21(17(16)2)30(27,28)23-3)22(26)25-11-5-10-24(12-13-25)19-6-8-20(29-4)9-7-19/h6-9,14-15,23H,5,10-13H2,1-4H3. The monoisotopic (exact) mass is 431 g/mol. The number of hydrogen-bond acceptors (Lipinski definition) is 5. The molecule has 162 valence electrons. The SMILES string of the molecule is CNS(=O)(=O)c1cc(C(=O)N2CCCN(c3ccc(OC)cc3)CC2)cc(C)c1C. The first-order valence-corrected chi connectivity index (χ1v) is 11.5. The minimum absolute atomic E-state index is 0.137. The van der Waals surface area contributed by atoms with Crippen molar-refractivity contribution < 1.29 is 17.9 Å². The predicted octanol–water partition coefficient (Wildman–Crippen LogP) is 2.57. The van der Waals surface area contributed by atoms with Gasteiger partial charge in [-0.1, -0.05) is 0 Å². The minimum atomic E-state index is -3.64. The molecule has 30 heavy (non-hydrogen) atoms. The highest BCUT2D eigenvalue weighted by molar-refractivity contribution is 7.89. The lowest BCUT2D eigenvalue weighted by Gasteiger charge is -2.24. The highest BCUT2D eigenvalue weighted by Crippen LogP contribution is 2.24. The summed E-state index contributed by atoms with van der Waals surface area (Å²) in [5.74, 6) is 0.676. The molecule has 8 heteroatoms. The number of ether oxygens (including phenoxy) is 1. The lowest BCUT2D eigenvalue weighted by molar-refractivity contribution is 0.0766. The van der Waals surface area contributed by atoms with Crippen LogP contribution in [0.4, 0.5) is 5.69 Å². The molecule has 0 atom stereocenters. The number of rotatable bonds is 5. The molecule has 1 heterocycles. The van der Waals surface area contributed by atoms with E-state index in [2.05, 4.69) is 9.62 Å². The number of aryl methyl sites for hydroxylation is 1. The summed E-state index contributed by atoms with van der Waals surface area (Å²) in [6.45, 7) is 6.35. The summed E-state index contributed by atoms with van der Waals surface area (Å²) in [5.41, 5.74) is 2.94. The van der Waals surface area contributed by atoms with Crippen LogP contribution in [-0.2, 0) is 10.0 Å². The first kappa shape index (κ1) is 22.1. The van der Waals surface area contributed by atoms with Crippen molar-refractivity contribution in [2.24, 2.45) is 0 Å². The van der Waals surface area contributed by atoms with Gasteiger partial charge in [0.2, 0.25) is 10.0 Å². The van der Waals surface area contributed by atoms with Crippen LogP contribution in [0.25, 0.3) is 0 Å². The minimum Gasteiger partial charge on any atom is -0.497 e. The highest BCUT2D eigenvalue weighted by atomic mass is 32.2. The second-order valence-corrected chi connectivity index (χ2v) is 9.31. The van der Waals surface area contributed by atoms with Crippen molar-refractivity contribution in [3.63, 3.8) is 0 Å². The van der Waals surface area contributed by atoms with E-state index in [-0.39, 0.29) is 10.8 Å². The molecule has 0 spiro atoms. The quantitative estimate of drug-likeness (QED) is 0.787. The lowest BCUT2D eigenvalue weighted by atomic mass is 10.1. The van der Waals surface area contributed by atoms with Gasteiger partial charge in [-0.2, -0.15) is 0 Å². The third-order valence-electron chi connectivity index (χ3n) is 5.65. The maximum absolute atomic E-state index is 13.2. The van der Waals surface area contributed by atoms with Crippen molar-refractivity contribution in [1.82, 2.24) is 9.62 Å². The summed E-state index contributed by atoms with van der Waals surface area (Å²) < 4.78 is 32.3. The Balaban J connectivity index is 1.79. The van der Waals surface area contributed by atoms with Crippen LogP contribution in [0, 0.1) is 13.8 Å². The zero-order valence-electron chi connectivity index (χ0n) is 17.9. The molecule has 2 aromatic carbocycles. The first-order valence-electron chi connectivity index (χ1n) is 10.00. The number of hydrogen-bond donors (Lipinski definition) is 1. The van der Waals surface area contributed by atoms with Crippen molar-refractivity contribution >= 4 is 21.6 Å². The van der Waals surface area contributed by atoms with E-state index in [1.165, 1.54) is 13.1 Å². The Morgan fingerprint density at radius 2 is 1.73 bits per heavy atom. The second-order valence-electron chi connectivity index (χ2n) is 7.45. The van der Waals surface area contributed by atoms with Crippen molar-refractivity contribution in [2.75, 3.05) is 45.2 Å². The van der Waals surface area contributed by atoms with Gasteiger partial charge in [0.1, 0.15) is 5.75 Å². The van der Waals surface area contributed by atoms with E-state index in [0.717, 1.165) is 30.0 Å². The molecule has 1 aliphatic rings. The fourth-order valence-electron chi connectivity index (χ4n) is 3.69. The van der Waals surface area contributed by atoms with Crippen molar-refractivity contribution in [1.29, 1.82) is 0 Å². The Hall–Kier alpha value is -2.58. The van der Waals surface area contributed by atoms with E-state index in [4.69, 9.17) is 4.74 Å². The number of nitrogens with zero attached hydrogens (tertiary/aromatic N) is 2. The fraction of sp³-hybridized carbons (Fsp3) is 0.409. The maximum atomic E-state index is 13.2. The molecule has 0 aromatic heterocycles. The van der Waals surface area contributed by atoms with Gasteiger partial charge >= 0.3 is 0 Å². The fourth-order valence-corrected chi connectivity index (χ4v) is 4.76. The number of sulfonamides is 1. The van der Waals surface area contributed by atoms with Crippen LogP contribution in [0.2, 0.25) is 0 Å². The molecule has 7 nitrogen and oxygen atoms in total. The molecule has 2 aromatic rings. The molecule has 0 aliphatic carbocycles. The Labute approximate surface area is 178 Å². The highest BCUT2D eigenvalue weighted by Gasteiger charge is 2.24. The van der Waals surface area contributed by atoms with E-state index in [0.29, 0.717) is 30.8 Å². The molecule has 1 aliphatic heterocycles. The Kier molecular flexibility index (Phi) is 6.67. The molecule has 0 unspecified atom stereocenters. The summed E-state index contributed by atoms with van der Waals surface area (Å²) in [4.78, 5) is 17.4. The molecule has 0 saturated carbocycles. The third kappa shape index (κ3) is 4.60. The van der Waals surface area contributed by atoms with Crippen molar-refractivity contribution in [3.8, 4) is 5.75 Å². The molecule has 1 amide bonds. The molecule has 3 rings (SSSR count). The van der Waals surface area contributed by atoms with E-state index in [9.17, 15) is 13.2 Å². The van der Waals surface area contributed by atoms with Crippen LogP contribution < -0.4 is 14.4 Å². The predicted molar refractivity (Wildman–Crippen MR) is 118 cm³/mol. The van der Waals surface area contributed by atoms with Gasteiger partial charge in [-0.05, 0) is 74.8 Å². The zero-order chi connectivity index (χ0) is 21.9. The first-order chi connectivity index (χ1) is 14.3. The number of anilines is 1. The second kappa shape index (κ2) is 9.06. The van der Waals surface area contributed by atoms with Crippen LogP contribution in [0.5, 0.6) is 5.75 Å². The van der Waals surface area contributed by atoms with Crippen LogP contribution in [0.1, 0.15) is 27.9 Å². The zero-order valence-corrected chi connectivity index (χ0v) is 18.8. The van der Waals surface area contributed by atoms with Crippen LogP contribution in [0.3, 0.4) is 0 Å². The molecule has 0 bridgehead atoms. The number of methoxy groups -OCH3 is 1. The van der Waals surface area contributed by atoms with Gasteiger partial charge < -0.3 is 14.5 Å². The van der Waals surface area contributed by atoms with Gasteiger partial charge in [0.05, 0.1) is 12.0 Å². The van der Waals surface area contributed by atoms with Gasteiger partial charge in [0.15, 0.2) is 0 Å². The van der Waals surface area contributed by atoms with Gasteiger partial charge in [-0.25, -0.2) is 13.1 Å². The number of amides is 1. The summed E-state index contributed by atoms with van der Waals surface area (Å²) in [6, 6.07) is 11.2. The summed E-state index contributed by atoms with van der Waals surface area (Å²) >= 11 is 0. The number of benzene rings is 2. The summed E-state index contributed by atoms with van der Waals surface area (Å²) in [6.07, 6.45) is 0.838. The Morgan fingerprint density at radius 3 is 2.37 bits per heavy atom. The van der Waals surface area contributed by atoms with Gasteiger partial charge in [-0.15, -0.1) is 0 Å². The summed E-state index contributed by atoms with van der Waals surface area (Å²) in [7, 11) is -0.616. The van der Waals surface area contributed by atoms with Crippen LogP contribution >= 0.6 is 0 Å². The number of nitrogens with one attached hydrogen (secondary N) is 1. The average molecular weight is 432 g/mol. The van der Waals surface area contributed by atoms with Gasteiger partial charge in [0.25, 0.3) is 5.91 Å². The van der Waals surface area contributed by atoms with Crippen LogP contribution in [0.15, 0.2) is 41.3 Å². The van der Waals surface area contributed by atoms with E-state index in [1.807, 2.05) is 36.1 Å². The van der Waals surface area contributed by atoms with E-state index < -0.39 is 10.0 Å². The normalized spacial score (nSPS) is 15.1. The maximum Gasteiger partial charge on any atom is 0.253 e. The van der Waals surface area contributed by atoms with E-state index in [1.54, 1.807) is 20.1 Å². The molecule has 1 fully saturated rings. The van der Waals surface area contributed by atoms with Gasteiger partial charge in [-0.3, -0.25) is 4.79 Å². The number of carbonyl (C=O) groups is 1. The van der Waals surface area contributed by atoms with Crippen LogP contribution in [-0.4, -0.2) is 59.6 Å². The topological polar surface area (TPSA) is 79.0 Å². The molecular weight excluding hydrogens is 402 g/mol. The van der Waals surface area contributed by atoms with Gasteiger partial charge in [0, 0.05) is 37.4 Å². The van der Waals surface area contributed by atoms with E-state index >= 15 is 0 Å². The lowest BCUT2D eigenvalue weighted by Crippen LogP contribution is -2.35. The third-order valence-corrected chi connectivity index (χ3v) is 7.19. The van der Waals surface area contributed by atoms with Crippen molar-refractivity contribution in [3.05, 3.63) is 53.1 Å². The number of carbonyl (C=O) groups excluding carboxylic acids is 1. The molecule has 0 radical (unpaired) electrons. The molecule has 1 saturated heterocycles. The van der Waals surface area contributed by atoms with Crippen molar-refractivity contribution in [2.45, 2.75) is 25.2 Å². The summed E-state index contributed by atoms with van der Waals surface area (Å²) in [5, 5.41) is 0. The Morgan fingerprint density at radius 1 is 1.03 bits per heavy atom. The smallest absolute Gasteiger partial charge is 0.253 e. The largest absolute Gasteiger partial charge is 0.497 e. The average Bonchev–Trinajstić information content (AvgIpc) is 3.01. The molecular formula is C22H29N3O4S. The molecule has 1 N–H and O–H groups in total. The Bertz CT molecular complexity index is 1020.